The molecule has 1 saturated carbocycles. The van der Waals surface area contributed by atoms with E-state index >= 15 is 0 Å². The predicted molar refractivity (Wildman–Crippen MR) is 100 cm³/mol. The summed E-state index contributed by atoms with van der Waals surface area (Å²) in [5, 5.41) is 0. The molecule has 0 amide bonds. The van der Waals surface area contributed by atoms with E-state index in [2.05, 4.69) is 6.92 Å². The lowest BCUT2D eigenvalue weighted by atomic mass is 9.83. The molecule has 0 saturated heterocycles. The summed E-state index contributed by atoms with van der Waals surface area (Å²) in [5.74, 6) is -1.10. The van der Waals surface area contributed by atoms with Crippen molar-refractivity contribution in [3.8, 4) is 0 Å². The molecule has 0 aromatic rings. The van der Waals surface area contributed by atoms with Gasteiger partial charge in [0.2, 0.25) is 5.79 Å². The van der Waals surface area contributed by atoms with Crippen molar-refractivity contribution in [2.45, 2.75) is 123 Å². The van der Waals surface area contributed by atoms with Gasteiger partial charge >= 0.3 is 0 Å². The van der Waals surface area contributed by atoms with Gasteiger partial charge in [0.05, 0.1) is 17.8 Å². The summed E-state index contributed by atoms with van der Waals surface area (Å²) in [5.41, 5.74) is -1.07. The first-order chi connectivity index (χ1) is 11.9. The van der Waals surface area contributed by atoms with Crippen LogP contribution in [0.4, 0.5) is 0 Å². The highest BCUT2D eigenvalue weighted by Crippen LogP contribution is 2.34. The molecule has 1 aliphatic rings. The highest BCUT2D eigenvalue weighted by Gasteiger charge is 2.35. The fourth-order valence-corrected chi connectivity index (χ4v) is 2.61. The molecule has 0 heterocycles. The zero-order chi connectivity index (χ0) is 19.9. The van der Waals surface area contributed by atoms with Crippen molar-refractivity contribution < 1.29 is 29.3 Å². The summed E-state index contributed by atoms with van der Waals surface area (Å²) in [6.45, 7) is 15.7. The third-order valence-corrected chi connectivity index (χ3v) is 4.22. The number of hydrogen-bond acceptors (Lipinski definition) is 6. The maximum atomic E-state index is 5.81. The zero-order valence-electron chi connectivity index (χ0n) is 18.1. The van der Waals surface area contributed by atoms with Crippen LogP contribution in [0.5, 0.6) is 0 Å². The molecule has 1 fully saturated rings. The van der Waals surface area contributed by atoms with Gasteiger partial charge in [0.25, 0.3) is 0 Å². The molecule has 0 aliphatic heterocycles. The molecule has 0 atom stereocenters. The molecule has 1 rings (SSSR count). The Labute approximate surface area is 159 Å². The van der Waals surface area contributed by atoms with Crippen molar-refractivity contribution in [2.75, 3.05) is 6.61 Å². The van der Waals surface area contributed by atoms with Crippen LogP contribution < -0.4 is 0 Å². The minimum atomic E-state index is -1.10. The monoisotopic (exact) mass is 376 g/mol. The lowest BCUT2D eigenvalue weighted by Crippen LogP contribution is -2.40. The van der Waals surface area contributed by atoms with E-state index in [0.29, 0.717) is 13.0 Å². The number of rotatable bonds is 10. The first kappa shape index (κ1) is 23.8. The normalized spacial score (nSPS) is 18.9. The van der Waals surface area contributed by atoms with E-state index in [1.165, 1.54) is 19.3 Å². The van der Waals surface area contributed by atoms with Crippen molar-refractivity contribution >= 4 is 0 Å². The summed E-state index contributed by atoms with van der Waals surface area (Å²) in [6, 6.07) is 0. The topological polar surface area (TPSA) is 55.4 Å². The first-order valence-electron chi connectivity index (χ1n) is 9.93. The van der Waals surface area contributed by atoms with Crippen molar-refractivity contribution in [1.82, 2.24) is 0 Å². The van der Waals surface area contributed by atoms with Crippen LogP contribution in [0.3, 0.4) is 0 Å². The SMILES string of the molecule is CCC1(OOCCC(C)(OOC(C)(C)C)OOC(C)(C)C)CCCCC1. The smallest absolute Gasteiger partial charge is 0.233 e. The van der Waals surface area contributed by atoms with Crippen LogP contribution in [0.2, 0.25) is 0 Å². The Morgan fingerprint density at radius 2 is 1.23 bits per heavy atom. The predicted octanol–water partition coefficient (Wildman–Crippen LogP) is 5.65. The summed E-state index contributed by atoms with van der Waals surface area (Å²) in [4.78, 5) is 33.4. The van der Waals surface area contributed by atoms with Gasteiger partial charge < -0.3 is 0 Å². The van der Waals surface area contributed by atoms with Crippen LogP contribution in [0.15, 0.2) is 0 Å². The Kier molecular flexibility index (Phi) is 8.97. The highest BCUT2D eigenvalue weighted by molar-refractivity contribution is 4.81. The molecule has 0 spiro atoms. The van der Waals surface area contributed by atoms with Gasteiger partial charge in [-0.1, -0.05) is 26.2 Å². The van der Waals surface area contributed by atoms with Crippen LogP contribution in [-0.4, -0.2) is 29.2 Å². The summed E-state index contributed by atoms with van der Waals surface area (Å²) < 4.78 is 0. The van der Waals surface area contributed by atoms with E-state index in [1.807, 2.05) is 41.5 Å². The Balaban J connectivity index is 2.52. The third-order valence-electron chi connectivity index (χ3n) is 4.22. The van der Waals surface area contributed by atoms with Gasteiger partial charge in [0.1, 0.15) is 5.60 Å². The van der Waals surface area contributed by atoms with Crippen LogP contribution in [0, 0.1) is 0 Å². The highest BCUT2D eigenvalue weighted by atomic mass is 17.3. The minimum Gasteiger partial charge on any atom is -0.236 e. The Morgan fingerprint density at radius 1 is 0.731 bits per heavy atom. The Morgan fingerprint density at radius 3 is 1.65 bits per heavy atom. The van der Waals surface area contributed by atoms with Gasteiger partial charge in [-0.05, 0) is 67.7 Å². The Hall–Kier alpha value is -0.240. The van der Waals surface area contributed by atoms with Gasteiger partial charge in [0, 0.05) is 6.42 Å². The van der Waals surface area contributed by atoms with Gasteiger partial charge in [0.15, 0.2) is 0 Å². The molecular formula is C20H40O6. The average Bonchev–Trinajstić information content (AvgIpc) is 2.55. The summed E-state index contributed by atoms with van der Waals surface area (Å²) >= 11 is 0. The molecule has 0 N–H and O–H groups in total. The molecule has 6 heteroatoms. The van der Waals surface area contributed by atoms with Gasteiger partial charge in [-0.3, -0.25) is 0 Å². The zero-order valence-corrected chi connectivity index (χ0v) is 18.1. The van der Waals surface area contributed by atoms with Crippen molar-refractivity contribution in [3.05, 3.63) is 0 Å². The molecule has 0 aromatic carbocycles. The molecule has 0 radical (unpaired) electrons. The second-order valence-electron chi connectivity index (χ2n) is 9.44. The maximum Gasteiger partial charge on any atom is 0.233 e. The van der Waals surface area contributed by atoms with Crippen molar-refractivity contribution in [3.63, 3.8) is 0 Å². The van der Waals surface area contributed by atoms with E-state index in [4.69, 9.17) is 29.3 Å². The largest absolute Gasteiger partial charge is 0.236 e. The fourth-order valence-electron chi connectivity index (χ4n) is 2.61. The van der Waals surface area contributed by atoms with Crippen molar-refractivity contribution in [1.29, 1.82) is 0 Å². The second kappa shape index (κ2) is 9.80. The lowest BCUT2D eigenvalue weighted by molar-refractivity contribution is -0.540. The molecule has 26 heavy (non-hydrogen) atoms. The van der Waals surface area contributed by atoms with Crippen LogP contribution in [-0.2, 0) is 29.3 Å². The molecule has 0 bridgehead atoms. The van der Waals surface area contributed by atoms with Gasteiger partial charge in [-0.25, -0.2) is 19.6 Å². The maximum absolute atomic E-state index is 5.81. The van der Waals surface area contributed by atoms with E-state index in [9.17, 15) is 0 Å². The van der Waals surface area contributed by atoms with Crippen molar-refractivity contribution in [2.24, 2.45) is 0 Å². The summed E-state index contributed by atoms with van der Waals surface area (Å²) in [6.07, 6.45) is 7.12. The molecule has 1 aliphatic carbocycles. The first-order valence-corrected chi connectivity index (χ1v) is 9.93. The Bertz CT molecular complexity index is 372. The van der Waals surface area contributed by atoms with E-state index < -0.39 is 17.0 Å². The second-order valence-corrected chi connectivity index (χ2v) is 9.44. The standard InChI is InChI=1S/C20H40O6/c1-9-20(13-11-10-12-14-20)26-21-16-15-19(8,24-22-17(2,3)4)25-23-18(5,6)7/h9-16H2,1-8H3. The van der Waals surface area contributed by atoms with Crippen LogP contribution in [0.25, 0.3) is 0 Å². The van der Waals surface area contributed by atoms with Crippen LogP contribution in [0.1, 0.15) is 100 Å². The average molecular weight is 377 g/mol. The van der Waals surface area contributed by atoms with Gasteiger partial charge in [-0.15, -0.1) is 0 Å². The number of hydrogen-bond donors (Lipinski definition) is 0. The molecule has 0 unspecified atom stereocenters. The quantitative estimate of drug-likeness (QED) is 0.213. The summed E-state index contributed by atoms with van der Waals surface area (Å²) in [7, 11) is 0. The molecular weight excluding hydrogens is 336 g/mol. The fraction of sp³-hybridized carbons (Fsp3) is 1.00. The molecule has 0 aromatic heterocycles. The molecule has 6 nitrogen and oxygen atoms in total. The lowest BCUT2D eigenvalue weighted by Gasteiger charge is -2.35. The van der Waals surface area contributed by atoms with E-state index in [0.717, 1.165) is 19.3 Å². The third kappa shape index (κ3) is 9.62. The minimum absolute atomic E-state index is 0.153. The van der Waals surface area contributed by atoms with E-state index in [1.54, 1.807) is 6.92 Å². The van der Waals surface area contributed by atoms with Crippen LogP contribution >= 0.6 is 0 Å². The molecule has 156 valence electrons. The van der Waals surface area contributed by atoms with E-state index in [-0.39, 0.29) is 5.60 Å². The van der Waals surface area contributed by atoms with Gasteiger partial charge in [-0.2, -0.15) is 9.78 Å².